The van der Waals surface area contributed by atoms with Gasteiger partial charge in [-0.05, 0) is 6.92 Å². The van der Waals surface area contributed by atoms with E-state index in [1.54, 1.807) is 6.92 Å². The van der Waals surface area contributed by atoms with Crippen LogP contribution >= 0.6 is 0 Å². The Morgan fingerprint density at radius 2 is 2.11 bits per heavy atom. The van der Waals surface area contributed by atoms with E-state index in [1.165, 1.54) is 6.33 Å². The molecule has 0 saturated heterocycles. The van der Waals surface area contributed by atoms with Crippen molar-refractivity contribution < 1.29 is 4.79 Å². The van der Waals surface area contributed by atoms with Crippen molar-refractivity contribution in [2.45, 2.75) is 39.2 Å². The van der Waals surface area contributed by atoms with Crippen molar-refractivity contribution >= 4 is 5.91 Å². The Morgan fingerprint density at radius 3 is 2.63 bits per heavy atom. The van der Waals surface area contributed by atoms with Crippen LogP contribution in [0.15, 0.2) is 6.33 Å². The molecule has 0 saturated carbocycles. The summed E-state index contributed by atoms with van der Waals surface area (Å²) in [7, 11) is 0. The Kier molecular flexibility index (Phi) is 3.32. The predicted octanol–water partition coefficient (Wildman–Crippen LogP) is 0.711. The topological polar surface area (TPSA) is 112 Å². The molecule has 2 aromatic heterocycles. The predicted molar refractivity (Wildman–Crippen MR) is 67.3 cm³/mol. The SMILES string of the molecule is CC(NC(=O)c1n[nH]c(C(C)(C)C)n1)c1ncn[nH]1. The minimum Gasteiger partial charge on any atom is -0.340 e. The normalized spacial score (nSPS) is 13.3. The molecule has 0 spiro atoms. The van der Waals surface area contributed by atoms with E-state index < -0.39 is 0 Å². The lowest BCUT2D eigenvalue weighted by molar-refractivity contribution is 0.0928. The standard InChI is InChI=1S/C11H17N7O/c1-6(7-12-5-13-16-7)14-9(19)8-15-10(18-17-8)11(2,3)4/h5-6H,1-4H3,(H,14,19)(H,12,13,16)(H,15,17,18). The first-order chi connectivity index (χ1) is 8.88. The van der Waals surface area contributed by atoms with Crippen LogP contribution in [-0.2, 0) is 5.41 Å². The zero-order valence-electron chi connectivity index (χ0n) is 11.4. The number of nitrogens with one attached hydrogen (secondary N) is 3. The second-order valence-electron chi connectivity index (χ2n) is 5.32. The molecule has 19 heavy (non-hydrogen) atoms. The van der Waals surface area contributed by atoms with E-state index in [4.69, 9.17) is 0 Å². The number of hydrogen-bond donors (Lipinski definition) is 3. The zero-order valence-corrected chi connectivity index (χ0v) is 11.4. The fraction of sp³-hybridized carbons (Fsp3) is 0.545. The number of nitrogens with zero attached hydrogens (tertiary/aromatic N) is 4. The lowest BCUT2D eigenvalue weighted by atomic mass is 9.96. The molecule has 0 radical (unpaired) electrons. The third-order valence-corrected chi connectivity index (χ3v) is 2.59. The summed E-state index contributed by atoms with van der Waals surface area (Å²) in [5.74, 6) is 1.02. The van der Waals surface area contributed by atoms with E-state index in [0.29, 0.717) is 11.6 Å². The summed E-state index contributed by atoms with van der Waals surface area (Å²) in [4.78, 5) is 20.1. The Labute approximate surface area is 110 Å². The zero-order chi connectivity index (χ0) is 14.0. The molecule has 2 heterocycles. The molecular formula is C11H17N7O. The van der Waals surface area contributed by atoms with Crippen molar-refractivity contribution in [1.29, 1.82) is 0 Å². The highest BCUT2D eigenvalue weighted by Gasteiger charge is 2.22. The van der Waals surface area contributed by atoms with Crippen molar-refractivity contribution in [2.24, 2.45) is 0 Å². The van der Waals surface area contributed by atoms with Crippen LogP contribution in [0.25, 0.3) is 0 Å². The Hall–Kier alpha value is -2.25. The number of carbonyl (C=O) groups excluding carboxylic acids is 1. The first-order valence-corrected chi connectivity index (χ1v) is 5.97. The van der Waals surface area contributed by atoms with Gasteiger partial charge in [0.1, 0.15) is 18.0 Å². The second-order valence-corrected chi connectivity index (χ2v) is 5.32. The van der Waals surface area contributed by atoms with E-state index in [2.05, 4.69) is 35.7 Å². The third-order valence-electron chi connectivity index (χ3n) is 2.59. The van der Waals surface area contributed by atoms with Gasteiger partial charge in [-0.1, -0.05) is 20.8 Å². The minimum absolute atomic E-state index is 0.122. The van der Waals surface area contributed by atoms with Crippen molar-refractivity contribution in [3.05, 3.63) is 23.8 Å². The van der Waals surface area contributed by atoms with Gasteiger partial charge in [-0.2, -0.15) is 5.10 Å². The Balaban J connectivity index is 2.06. The summed E-state index contributed by atoms with van der Waals surface area (Å²) in [6.07, 6.45) is 1.39. The molecule has 0 aliphatic rings. The summed E-state index contributed by atoms with van der Waals surface area (Å²) in [6.45, 7) is 7.78. The molecular weight excluding hydrogens is 246 g/mol. The minimum atomic E-state index is -0.351. The number of aromatic nitrogens is 6. The van der Waals surface area contributed by atoms with Gasteiger partial charge < -0.3 is 5.32 Å². The number of rotatable bonds is 3. The number of carbonyl (C=O) groups is 1. The second kappa shape index (κ2) is 4.79. The summed E-state index contributed by atoms with van der Waals surface area (Å²) < 4.78 is 0. The molecule has 1 atom stereocenters. The summed E-state index contributed by atoms with van der Waals surface area (Å²) in [5, 5.41) is 15.9. The quantitative estimate of drug-likeness (QED) is 0.755. The number of amides is 1. The highest BCUT2D eigenvalue weighted by Crippen LogP contribution is 2.17. The van der Waals surface area contributed by atoms with E-state index >= 15 is 0 Å². The molecule has 1 unspecified atom stereocenters. The highest BCUT2D eigenvalue weighted by molar-refractivity contribution is 5.90. The van der Waals surface area contributed by atoms with Crippen molar-refractivity contribution in [3.63, 3.8) is 0 Å². The van der Waals surface area contributed by atoms with Crippen LogP contribution in [-0.4, -0.2) is 36.3 Å². The third kappa shape index (κ3) is 2.95. The van der Waals surface area contributed by atoms with Crippen LogP contribution in [0.2, 0.25) is 0 Å². The maximum absolute atomic E-state index is 12.0. The lowest BCUT2D eigenvalue weighted by Gasteiger charge is -2.13. The van der Waals surface area contributed by atoms with Gasteiger partial charge in [0.25, 0.3) is 5.91 Å². The van der Waals surface area contributed by atoms with Gasteiger partial charge in [-0.3, -0.25) is 15.0 Å². The average Bonchev–Trinajstić information content (AvgIpc) is 3.00. The van der Waals surface area contributed by atoms with Gasteiger partial charge in [0.15, 0.2) is 0 Å². The van der Waals surface area contributed by atoms with Gasteiger partial charge in [0, 0.05) is 5.41 Å². The summed E-state index contributed by atoms with van der Waals surface area (Å²) in [5.41, 5.74) is -0.178. The molecule has 0 aliphatic carbocycles. The van der Waals surface area contributed by atoms with E-state index in [1.807, 2.05) is 20.8 Å². The first kappa shape index (κ1) is 13.2. The van der Waals surface area contributed by atoms with Gasteiger partial charge in [-0.15, -0.1) is 5.10 Å². The van der Waals surface area contributed by atoms with Crippen LogP contribution in [0.5, 0.6) is 0 Å². The van der Waals surface area contributed by atoms with Gasteiger partial charge in [-0.25, -0.2) is 9.97 Å². The monoisotopic (exact) mass is 263 g/mol. The Morgan fingerprint density at radius 1 is 1.37 bits per heavy atom. The molecule has 102 valence electrons. The van der Waals surface area contributed by atoms with Crippen LogP contribution in [0.4, 0.5) is 0 Å². The fourth-order valence-electron chi connectivity index (χ4n) is 1.45. The lowest BCUT2D eigenvalue weighted by Crippen LogP contribution is -2.28. The highest BCUT2D eigenvalue weighted by atomic mass is 16.2. The number of H-pyrrole nitrogens is 2. The number of hydrogen-bond acceptors (Lipinski definition) is 5. The molecule has 8 nitrogen and oxygen atoms in total. The van der Waals surface area contributed by atoms with Gasteiger partial charge in [0.05, 0.1) is 6.04 Å². The Bertz CT molecular complexity index is 552. The van der Waals surface area contributed by atoms with Crippen molar-refractivity contribution in [1.82, 2.24) is 35.7 Å². The smallest absolute Gasteiger partial charge is 0.291 e. The molecule has 3 N–H and O–H groups in total. The first-order valence-electron chi connectivity index (χ1n) is 5.97. The van der Waals surface area contributed by atoms with Crippen LogP contribution in [0.1, 0.15) is 56.0 Å². The molecule has 2 rings (SSSR count). The fourth-order valence-corrected chi connectivity index (χ4v) is 1.45. The van der Waals surface area contributed by atoms with Gasteiger partial charge in [0.2, 0.25) is 5.82 Å². The largest absolute Gasteiger partial charge is 0.340 e. The van der Waals surface area contributed by atoms with E-state index in [-0.39, 0.29) is 23.2 Å². The van der Waals surface area contributed by atoms with Gasteiger partial charge >= 0.3 is 0 Å². The molecule has 0 aromatic carbocycles. The van der Waals surface area contributed by atoms with E-state index in [0.717, 1.165) is 0 Å². The number of aromatic amines is 2. The maximum atomic E-state index is 12.0. The average molecular weight is 263 g/mol. The molecule has 0 bridgehead atoms. The summed E-state index contributed by atoms with van der Waals surface area (Å²) >= 11 is 0. The van der Waals surface area contributed by atoms with Crippen LogP contribution in [0.3, 0.4) is 0 Å². The molecule has 0 fully saturated rings. The molecule has 0 aliphatic heterocycles. The van der Waals surface area contributed by atoms with E-state index in [9.17, 15) is 4.79 Å². The maximum Gasteiger partial charge on any atom is 0.291 e. The van der Waals surface area contributed by atoms with Crippen molar-refractivity contribution in [2.75, 3.05) is 0 Å². The molecule has 1 amide bonds. The summed E-state index contributed by atoms with van der Waals surface area (Å²) in [6, 6.07) is -0.286. The molecule has 8 heteroatoms. The van der Waals surface area contributed by atoms with Crippen LogP contribution in [0, 0.1) is 0 Å². The van der Waals surface area contributed by atoms with Crippen LogP contribution < -0.4 is 5.32 Å². The molecule has 2 aromatic rings. The van der Waals surface area contributed by atoms with Crippen molar-refractivity contribution in [3.8, 4) is 0 Å².